The monoisotopic (exact) mass is 660 g/mol. The average Bonchev–Trinajstić information content (AvgIpc) is 2.95. The van der Waals surface area contributed by atoms with Gasteiger partial charge in [-0.2, -0.15) is 0 Å². The van der Waals surface area contributed by atoms with Gasteiger partial charge in [0.25, 0.3) is 0 Å². The Bertz CT molecular complexity index is 1770. The van der Waals surface area contributed by atoms with E-state index in [1.807, 2.05) is 5.32 Å². The number of phenols is 11. The number of aromatic hydroxyl groups is 11. The number of aliphatic hydroxyl groups is 4. The number of carboxylic acids is 1. The number of hydrogen-bond acceptors (Lipinski definition) is 18. The molecule has 20 heteroatoms. The van der Waals surface area contributed by atoms with E-state index in [2.05, 4.69) is 0 Å². The summed E-state index contributed by atoms with van der Waals surface area (Å²) < 4.78 is 0. The highest BCUT2D eigenvalue weighted by atomic mass is 35.5. The number of benzene rings is 3. The minimum absolute atomic E-state index is 0.0403. The molecule has 0 aromatic heterocycles. The predicted octanol–water partition coefficient (Wildman–Crippen LogP) is -0.354. The molecule has 0 heterocycles. The largest absolute Gasteiger partial charge is 0.506 e. The molecular formula is C25H25ClN2O17. The molecule has 3 aromatic rings. The van der Waals surface area contributed by atoms with Gasteiger partial charge >= 0.3 is 17.8 Å². The summed E-state index contributed by atoms with van der Waals surface area (Å²) >= 11 is 5.99. The smallest absolute Gasteiger partial charge is 0.343 e. The standard InChI is InChI=1S/C25H25ClN2O17/c1-3-4(6-5(3)10(26)18(35)21(38)14(6)31)2-27-24(42,43)25(44,45)28-11-13(30)8(16(33)22(39)19(11)36)7-12(29)9(23(40)41)17(34)20(37)15(7)32/h3-4,27-39,42-45H,2H2,1H3,(H,40,41). The second kappa shape index (κ2) is 10.5. The van der Waals surface area contributed by atoms with Crippen LogP contribution in [0.15, 0.2) is 0 Å². The van der Waals surface area contributed by atoms with Crippen molar-refractivity contribution in [2.24, 2.45) is 0 Å². The maximum absolute atomic E-state index is 11.5. The van der Waals surface area contributed by atoms with Crippen molar-refractivity contribution in [1.82, 2.24) is 5.32 Å². The fourth-order valence-corrected chi connectivity index (χ4v) is 5.36. The Morgan fingerprint density at radius 1 is 0.644 bits per heavy atom. The van der Waals surface area contributed by atoms with E-state index in [1.165, 1.54) is 12.2 Å². The minimum Gasteiger partial charge on any atom is -0.506 e. The summed E-state index contributed by atoms with van der Waals surface area (Å²) in [6.45, 7) is 0.894. The predicted molar refractivity (Wildman–Crippen MR) is 146 cm³/mol. The van der Waals surface area contributed by atoms with E-state index in [1.54, 1.807) is 0 Å². The number of nitrogens with one attached hydrogen (secondary N) is 2. The van der Waals surface area contributed by atoms with Crippen LogP contribution in [0.3, 0.4) is 0 Å². The molecule has 1 aliphatic rings. The van der Waals surface area contributed by atoms with Crippen molar-refractivity contribution in [3.63, 3.8) is 0 Å². The van der Waals surface area contributed by atoms with Gasteiger partial charge in [0.2, 0.25) is 17.2 Å². The van der Waals surface area contributed by atoms with Gasteiger partial charge in [0.05, 0.1) is 16.1 Å². The fourth-order valence-electron chi connectivity index (χ4n) is 5.00. The second-order valence-corrected chi connectivity index (χ2v) is 10.4. The van der Waals surface area contributed by atoms with Crippen molar-refractivity contribution < 1.29 is 86.5 Å². The minimum atomic E-state index is -4.09. The number of rotatable bonds is 8. The van der Waals surface area contributed by atoms with Crippen LogP contribution >= 0.6 is 11.6 Å². The third-order valence-corrected chi connectivity index (χ3v) is 7.86. The van der Waals surface area contributed by atoms with Crippen molar-refractivity contribution in [1.29, 1.82) is 0 Å². The van der Waals surface area contributed by atoms with Gasteiger partial charge in [0.1, 0.15) is 17.0 Å². The molecule has 2 atom stereocenters. The molecule has 3 aromatic carbocycles. The van der Waals surface area contributed by atoms with Crippen molar-refractivity contribution >= 4 is 23.3 Å². The topological polar surface area (TPSA) is 365 Å². The summed E-state index contributed by atoms with van der Waals surface area (Å²) in [5.74, 6) is -27.1. The zero-order chi connectivity index (χ0) is 34.2. The summed E-state index contributed by atoms with van der Waals surface area (Å²) in [5, 5.41) is 167. The molecule has 19 nitrogen and oxygen atoms in total. The number of halogens is 1. The number of carboxylic acid groups (broad SMARTS) is 1. The third kappa shape index (κ3) is 4.61. The van der Waals surface area contributed by atoms with Crippen LogP contribution in [0.2, 0.25) is 5.02 Å². The molecule has 0 spiro atoms. The molecule has 0 saturated carbocycles. The lowest BCUT2D eigenvalue weighted by molar-refractivity contribution is -0.357. The highest BCUT2D eigenvalue weighted by Crippen LogP contribution is 2.62. The molecule has 18 N–H and O–H groups in total. The molecule has 0 radical (unpaired) electrons. The number of hydrogen-bond donors (Lipinski definition) is 18. The Labute approximate surface area is 253 Å². The highest BCUT2D eigenvalue weighted by molar-refractivity contribution is 6.33. The molecule has 0 amide bonds. The Balaban J connectivity index is 1.74. The van der Waals surface area contributed by atoms with Gasteiger partial charge in [0, 0.05) is 18.0 Å². The van der Waals surface area contributed by atoms with Crippen molar-refractivity contribution in [3.05, 3.63) is 21.7 Å². The van der Waals surface area contributed by atoms with E-state index in [4.69, 9.17) is 11.6 Å². The van der Waals surface area contributed by atoms with E-state index >= 15 is 0 Å². The summed E-state index contributed by atoms with van der Waals surface area (Å²) in [4.78, 5) is 11.5. The van der Waals surface area contributed by atoms with Gasteiger partial charge in [-0.05, 0) is 11.5 Å². The van der Waals surface area contributed by atoms with E-state index in [0.29, 0.717) is 0 Å². The van der Waals surface area contributed by atoms with Crippen LogP contribution < -0.4 is 10.6 Å². The van der Waals surface area contributed by atoms with E-state index in [9.17, 15) is 86.5 Å². The maximum Gasteiger partial charge on any atom is 0.343 e. The van der Waals surface area contributed by atoms with Gasteiger partial charge in [0.15, 0.2) is 40.2 Å². The van der Waals surface area contributed by atoms with Crippen molar-refractivity contribution in [2.45, 2.75) is 30.6 Å². The SMILES string of the molecule is CC1c2c(Cl)c(O)c(O)c(O)c2C1CNC(O)(O)C(O)(O)Nc1c(O)c(O)c(O)c(-c2c(O)c(O)c(O)c(C(=O)O)c2O)c1O. The van der Waals surface area contributed by atoms with Crippen LogP contribution in [-0.4, -0.2) is 106 Å². The van der Waals surface area contributed by atoms with Gasteiger partial charge in [-0.1, -0.05) is 18.5 Å². The second-order valence-electron chi connectivity index (χ2n) is 10.0. The molecule has 0 fully saturated rings. The first kappa shape index (κ1) is 32.7. The van der Waals surface area contributed by atoms with Gasteiger partial charge in [-0.15, -0.1) is 0 Å². The average molecular weight is 661 g/mol. The lowest BCUT2D eigenvalue weighted by atomic mass is 9.68. The lowest BCUT2D eigenvalue weighted by Crippen LogP contribution is -2.67. The Morgan fingerprint density at radius 3 is 1.67 bits per heavy atom. The normalized spacial score (nSPS) is 16.2. The Hall–Kier alpha value is -5.18. The van der Waals surface area contributed by atoms with Gasteiger partial charge in [-0.3, -0.25) is 5.32 Å². The molecule has 45 heavy (non-hydrogen) atoms. The van der Waals surface area contributed by atoms with Gasteiger partial charge in [-0.25, -0.2) is 4.79 Å². The molecular weight excluding hydrogens is 636 g/mol. The number of anilines is 1. The van der Waals surface area contributed by atoms with E-state index < -0.39 is 122 Å². The van der Waals surface area contributed by atoms with Crippen LogP contribution in [0.5, 0.6) is 63.2 Å². The zero-order valence-corrected chi connectivity index (χ0v) is 23.1. The summed E-state index contributed by atoms with van der Waals surface area (Å²) in [7, 11) is 0. The van der Waals surface area contributed by atoms with Crippen LogP contribution in [0.25, 0.3) is 11.1 Å². The highest BCUT2D eigenvalue weighted by Gasteiger charge is 2.51. The quantitative estimate of drug-likeness (QED) is 0.0832. The molecule has 244 valence electrons. The van der Waals surface area contributed by atoms with Crippen molar-refractivity contribution in [2.75, 3.05) is 11.9 Å². The Kier molecular flexibility index (Phi) is 7.62. The summed E-state index contributed by atoms with van der Waals surface area (Å²) in [6, 6.07) is 0. The first-order chi connectivity index (χ1) is 20.6. The zero-order valence-electron chi connectivity index (χ0n) is 22.3. The first-order valence-electron chi connectivity index (χ1n) is 12.2. The lowest BCUT2D eigenvalue weighted by Gasteiger charge is -2.42. The summed E-state index contributed by atoms with van der Waals surface area (Å²) in [6.07, 6.45) is 0. The first-order valence-corrected chi connectivity index (χ1v) is 12.6. The number of carbonyl (C=O) groups is 1. The molecule has 4 rings (SSSR count). The maximum atomic E-state index is 11.5. The fraction of sp³-hybridized carbons (Fsp3) is 0.240. The van der Waals surface area contributed by atoms with Gasteiger partial charge < -0.3 is 87.0 Å². The van der Waals surface area contributed by atoms with Crippen molar-refractivity contribution in [3.8, 4) is 74.4 Å². The van der Waals surface area contributed by atoms with Crippen LogP contribution in [-0.2, 0) is 0 Å². The van der Waals surface area contributed by atoms with Crippen LogP contribution in [0.4, 0.5) is 5.69 Å². The summed E-state index contributed by atoms with van der Waals surface area (Å²) in [5.41, 5.74) is -5.55. The number of aromatic carboxylic acids is 1. The Morgan fingerprint density at radius 2 is 1.13 bits per heavy atom. The van der Waals surface area contributed by atoms with Crippen LogP contribution in [0.1, 0.15) is 40.2 Å². The molecule has 2 unspecified atom stereocenters. The third-order valence-electron chi connectivity index (χ3n) is 7.48. The number of phenolic OH excluding ortho intramolecular Hbond substituents is 9. The van der Waals surface area contributed by atoms with Crippen LogP contribution in [0, 0.1) is 0 Å². The molecule has 0 saturated heterocycles. The number of fused-ring (bicyclic) bond motifs is 1. The molecule has 0 aliphatic heterocycles. The molecule has 0 bridgehead atoms. The van der Waals surface area contributed by atoms with E-state index in [-0.39, 0.29) is 16.1 Å². The molecule has 1 aliphatic carbocycles. The van der Waals surface area contributed by atoms with E-state index in [0.717, 1.165) is 0 Å².